The third-order valence-corrected chi connectivity index (χ3v) is 3.02. The number of aryl methyl sites for hydroxylation is 2. The Morgan fingerprint density at radius 3 is 2.90 bits per heavy atom. The molecule has 0 atom stereocenters. The van der Waals surface area contributed by atoms with E-state index >= 15 is 0 Å². The lowest BCUT2D eigenvalue weighted by Gasteiger charge is -2.15. The molecule has 2 aromatic heterocycles. The van der Waals surface area contributed by atoms with Crippen LogP contribution in [-0.2, 0) is 24.9 Å². The number of hydrogen-bond acceptors (Lipinski definition) is 3. The maximum absolute atomic E-state index is 12.0. The van der Waals surface area contributed by atoms with Gasteiger partial charge in [-0.15, -0.1) is 0 Å². The highest BCUT2D eigenvalue weighted by atomic mass is 16.2. The van der Waals surface area contributed by atoms with E-state index in [1.165, 1.54) is 0 Å². The van der Waals surface area contributed by atoms with Crippen LogP contribution < -0.4 is 0 Å². The molecule has 6 nitrogen and oxygen atoms in total. The van der Waals surface area contributed by atoms with E-state index < -0.39 is 0 Å². The average Bonchev–Trinajstić information content (AvgIpc) is 3.04. The Hall–Kier alpha value is -2.37. The molecule has 0 saturated heterocycles. The minimum Gasteiger partial charge on any atom is -0.336 e. The van der Waals surface area contributed by atoms with Crippen molar-refractivity contribution >= 4 is 12.0 Å². The first kappa shape index (κ1) is 14.0. The van der Waals surface area contributed by atoms with Gasteiger partial charge in [0.15, 0.2) is 0 Å². The Bertz CT molecular complexity index is 611. The minimum atomic E-state index is -0.0438. The molecule has 0 spiro atoms. The minimum absolute atomic E-state index is 0.0438. The third-order valence-electron chi connectivity index (χ3n) is 3.02. The van der Waals surface area contributed by atoms with Crippen molar-refractivity contribution < 1.29 is 4.79 Å². The highest BCUT2D eigenvalue weighted by Crippen LogP contribution is 2.05. The maximum Gasteiger partial charge on any atom is 0.246 e. The van der Waals surface area contributed by atoms with Crippen LogP contribution in [0.3, 0.4) is 0 Å². The summed E-state index contributed by atoms with van der Waals surface area (Å²) in [6, 6.07) is 1.93. The zero-order chi connectivity index (χ0) is 14.5. The van der Waals surface area contributed by atoms with Crippen molar-refractivity contribution in [2.45, 2.75) is 20.0 Å². The molecule has 0 aromatic carbocycles. The van der Waals surface area contributed by atoms with Crippen LogP contribution in [0.5, 0.6) is 0 Å². The van der Waals surface area contributed by atoms with Crippen molar-refractivity contribution in [2.24, 2.45) is 7.05 Å². The first-order valence-electron chi connectivity index (χ1n) is 6.52. The molecule has 0 aliphatic carbocycles. The van der Waals surface area contributed by atoms with E-state index in [4.69, 9.17) is 0 Å². The lowest BCUT2D eigenvalue weighted by atomic mass is 10.3. The van der Waals surface area contributed by atoms with Crippen LogP contribution >= 0.6 is 0 Å². The molecule has 2 heterocycles. The molecule has 0 N–H and O–H groups in total. The largest absolute Gasteiger partial charge is 0.336 e. The zero-order valence-corrected chi connectivity index (χ0v) is 12.0. The van der Waals surface area contributed by atoms with Gasteiger partial charge in [-0.3, -0.25) is 14.2 Å². The molecule has 0 fully saturated rings. The number of carbonyl (C=O) groups is 1. The van der Waals surface area contributed by atoms with Gasteiger partial charge in [-0.25, -0.2) is 0 Å². The highest BCUT2D eigenvalue weighted by molar-refractivity contribution is 5.91. The number of amides is 1. The van der Waals surface area contributed by atoms with Gasteiger partial charge >= 0.3 is 0 Å². The predicted octanol–water partition coefficient (Wildman–Crippen LogP) is 1.31. The van der Waals surface area contributed by atoms with Crippen molar-refractivity contribution in [1.82, 2.24) is 24.5 Å². The number of hydrogen-bond donors (Lipinski definition) is 0. The average molecular weight is 273 g/mol. The normalized spacial score (nSPS) is 11.2. The summed E-state index contributed by atoms with van der Waals surface area (Å²) in [5, 5.41) is 8.24. The Morgan fingerprint density at radius 2 is 2.25 bits per heavy atom. The number of nitrogens with zero attached hydrogens (tertiary/aromatic N) is 5. The molecule has 0 aliphatic heterocycles. The summed E-state index contributed by atoms with van der Waals surface area (Å²) in [5.41, 5.74) is 1.94. The standard InChI is InChI=1S/C14H19N5O/c1-4-19-13(7-8-15-19)11-17(2)14(20)6-5-12-9-16-18(3)10-12/h5-10H,4,11H2,1-3H3/b6-5+. The molecule has 6 heteroatoms. The van der Waals surface area contributed by atoms with Gasteiger partial charge in [0.05, 0.1) is 18.4 Å². The van der Waals surface area contributed by atoms with Crippen molar-refractivity contribution in [3.8, 4) is 0 Å². The van der Waals surface area contributed by atoms with Crippen molar-refractivity contribution in [3.63, 3.8) is 0 Å². The molecule has 0 bridgehead atoms. The van der Waals surface area contributed by atoms with Crippen molar-refractivity contribution in [1.29, 1.82) is 0 Å². The molecule has 2 aromatic rings. The Labute approximate surface area is 118 Å². The summed E-state index contributed by atoms with van der Waals surface area (Å²) < 4.78 is 3.59. The van der Waals surface area contributed by atoms with Gasteiger partial charge in [-0.05, 0) is 19.1 Å². The molecule has 0 unspecified atom stereocenters. The summed E-state index contributed by atoms with van der Waals surface area (Å²) in [5.74, 6) is -0.0438. The van der Waals surface area contributed by atoms with Crippen LogP contribution in [0.4, 0.5) is 0 Å². The second-order valence-electron chi connectivity index (χ2n) is 4.61. The van der Waals surface area contributed by atoms with Crippen molar-refractivity contribution in [2.75, 3.05) is 7.05 Å². The van der Waals surface area contributed by atoms with Gasteiger partial charge in [0.25, 0.3) is 0 Å². The molecular weight excluding hydrogens is 254 g/mol. The summed E-state index contributed by atoms with van der Waals surface area (Å²) in [7, 11) is 3.63. The SMILES string of the molecule is CCn1nccc1CN(C)C(=O)/C=C/c1cnn(C)c1. The smallest absolute Gasteiger partial charge is 0.246 e. The molecule has 0 aliphatic rings. The first-order chi connectivity index (χ1) is 9.60. The van der Waals surface area contributed by atoms with E-state index in [0.717, 1.165) is 17.8 Å². The van der Waals surface area contributed by atoms with Crippen LogP contribution in [-0.4, -0.2) is 37.4 Å². The molecule has 20 heavy (non-hydrogen) atoms. The van der Waals surface area contributed by atoms with Gasteiger partial charge in [-0.2, -0.15) is 10.2 Å². The molecule has 0 radical (unpaired) electrons. The van der Waals surface area contributed by atoms with E-state index in [1.807, 2.05) is 30.9 Å². The third kappa shape index (κ3) is 3.34. The van der Waals surface area contributed by atoms with E-state index in [2.05, 4.69) is 10.2 Å². The summed E-state index contributed by atoms with van der Waals surface area (Å²) in [4.78, 5) is 13.7. The fourth-order valence-corrected chi connectivity index (χ4v) is 1.92. The maximum atomic E-state index is 12.0. The monoisotopic (exact) mass is 273 g/mol. The molecule has 2 rings (SSSR count). The fourth-order valence-electron chi connectivity index (χ4n) is 1.92. The molecule has 1 amide bonds. The lowest BCUT2D eigenvalue weighted by molar-refractivity contribution is -0.125. The van der Waals surface area contributed by atoms with Gasteiger partial charge < -0.3 is 4.90 Å². The first-order valence-corrected chi connectivity index (χ1v) is 6.52. The lowest BCUT2D eigenvalue weighted by Crippen LogP contribution is -2.25. The highest BCUT2D eigenvalue weighted by Gasteiger charge is 2.09. The number of aromatic nitrogens is 4. The second-order valence-corrected chi connectivity index (χ2v) is 4.61. The Kier molecular flexibility index (Phi) is 4.34. The van der Waals surface area contributed by atoms with Crippen LogP contribution in [0.2, 0.25) is 0 Å². The van der Waals surface area contributed by atoms with Crippen LogP contribution in [0, 0.1) is 0 Å². The van der Waals surface area contributed by atoms with Gasteiger partial charge in [0.2, 0.25) is 5.91 Å². The quantitative estimate of drug-likeness (QED) is 0.772. The van der Waals surface area contributed by atoms with E-state index in [1.54, 1.807) is 41.2 Å². The summed E-state index contributed by atoms with van der Waals surface area (Å²) in [6.45, 7) is 3.38. The van der Waals surface area contributed by atoms with E-state index in [0.29, 0.717) is 6.54 Å². The molecule has 106 valence electrons. The van der Waals surface area contributed by atoms with Crippen LogP contribution in [0.15, 0.2) is 30.7 Å². The zero-order valence-electron chi connectivity index (χ0n) is 12.0. The summed E-state index contributed by atoms with van der Waals surface area (Å²) >= 11 is 0. The molecular formula is C14H19N5O. The Balaban J connectivity index is 1.97. The van der Waals surface area contributed by atoms with Gasteiger partial charge in [0, 0.05) is 44.7 Å². The van der Waals surface area contributed by atoms with Crippen LogP contribution in [0.25, 0.3) is 6.08 Å². The Morgan fingerprint density at radius 1 is 1.45 bits per heavy atom. The fraction of sp³-hybridized carbons (Fsp3) is 0.357. The predicted molar refractivity (Wildman–Crippen MR) is 76.6 cm³/mol. The number of likely N-dealkylation sites (N-methyl/N-ethyl adjacent to an activating group) is 1. The molecule has 0 saturated carbocycles. The topological polar surface area (TPSA) is 56.0 Å². The second kappa shape index (κ2) is 6.18. The number of rotatable bonds is 5. The summed E-state index contributed by atoms with van der Waals surface area (Å²) in [6.07, 6.45) is 8.65. The van der Waals surface area contributed by atoms with Crippen LogP contribution in [0.1, 0.15) is 18.2 Å². The van der Waals surface area contributed by atoms with Gasteiger partial charge in [-0.1, -0.05) is 0 Å². The van der Waals surface area contributed by atoms with Crippen molar-refractivity contribution in [3.05, 3.63) is 42.0 Å². The van der Waals surface area contributed by atoms with Gasteiger partial charge in [0.1, 0.15) is 0 Å². The van der Waals surface area contributed by atoms with E-state index in [-0.39, 0.29) is 5.91 Å². The number of carbonyl (C=O) groups excluding carboxylic acids is 1. The van der Waals surface area contributed by atoms with E-state index in [9.17, 15) is 4.79 Å².